The maximum atomic E-state index is 12.8. The average molecular weight is 564 g/mol. The van der Waals surface area contributed by atoms with Crippen molar-refractivity contribution in [3.63, 3.8) is 0 Å². The van der Waals surface area contributed by atoms with Crippen molar-refractivity contribution in [2.45, 2.75) is 63.6 Å². The number of aromatic nitrogens is 2. The molecular formula is C30H38ClN7O2. The van der Waals surface area contributed by atoms with Gasteiger partial charge in [0, 0.05) is 37.2 Å². The van der Waals surface area contributed by atoms with Crippen molar-refractivity contribution in [1.82, 2.24) is 20.2 Å². The second-order valence-corrected chi connectivity index (χ2v) is 12.8. The van der Waals surface area contributed by atoms with Crippen LogP contribution in [0.4, 0.5) is 11.8 Å². The van der Waals surface area contributed by atoms with Gasteiger partial charge < -0.3 is 26.0 Å². The Hall–Kier alpha value is -2.93. The van der Waals surface area contributed by atoms with E-state index in [0.29, 0.717) is 79.3 Å². The van der Waals surface area contributed by atoms with Crippen LogP contribution in [0.5, 0.6) is 0 Å². The van der Waals surface area contributed by atoms with Crippen LogP contribution in [-0.4, -0.2) is 64.2 Å². The molecule has 4 saturated carbocycles. The molecule has 7 rings (SSSR count). The van der Waals surface area contributed by atoms with Gasteiger partial charge in [0.05, 0.1) is 18.8 Å². The summed E-state index contributed by atoms with van der Waals surface area (Å²) >= 11 is 6.29. The number of amides is 1. The highest BCUT2D eigenvalue weighted by atomic mass is 35.5. The molecular weight excluding hydrogens is 526 g/mol. The number of piperidine rings is 1. The number of hydrogen-bond donors (Lipinski definition) is 4. The van der Waals surface area contributed by atoms with Gasteiger partial charge in [0.15, 0.2) is 0 Å². The molecule has 1 saturated heterocycles. The van der Waals surface area contributed by atoms with Crippen molar-refractivity contribution in [2.24, 2.45) is 23.2 Å². The summed E-state index contributed by atoms with van der Waals surface area (Å²) in [5.41, 5.74) is 1.58. The number of nitriles is 1. The van der Waals surface area contributed by atoms with E-state index < -0.39 is 0 Å². The van der Waals surface area contributed by atoms with Crippen molar-refractivity contribution in [3.05, 3.63) is 46.6 Å². The fourth-order valence-corrected chi connectivity index (χ4v) is 8.15. The van der Waals surface area contributed by atoms with Crippen molar-refractivity contribution in [3.8, 4) is 6.07 Å². The Balaban J connectivity index is 1.07. The standard InChI is InChI=1S/C30H38ClN7O2/c31-25-4-2-1-3-20(25)15-34-29-35-16-23(14-32)28(37-29)36-18-30-11-19-9-21(12-30)27(22(10-19)13-30)33-17-26(40)38-7-5-24(39)6-8-38/h1-4,16,19,21-22,24,27,33,39H,5-13,15,17-18H2,(H2,34,35,36,37)/t19?,21-,22+,27-,30-. The van der Waals surface area contributed by atoms with Crippen LogP contribution in [0.15, 0.2) is 30.5 Å². The quantitative estimate of drug-likeness (QED) is 0.363. The zero-order valence-electron chi connectivity index (χ0n) is 22.8. The van der Waals surface area contributed by atoms with E-state index in [0.717, 1.165) is 30.9 Å². The molecule has 2 aromatic rings. The number of carbonyl (C=O) groups excluding carboxylic acids is 1. The Bertz CT molecular complexity index is 1260. The maximum Gasteiger partial charge on any atom is 0.236 e. The lowest BCUT2D eigenvalue weighted by Crippen LogP contribution is -2.60. The molecule has 0 spiro atoms. The van der Waals surface area contributed by atoms with Crippen LogP contribution in [0, 0.1) is 34.5 Å². The lowest BCUT2D eigenvalue weighted by molar-refractivity contribution is -0.133. The van der Waals surface area contributed by atoms with Gasteiger partial charge in [0.25, 0.3) is 0 Å². The van der Waals surface area contributed by atoms with Crippen molar-refractivity contribution in [2.75, 3.05) is 36.8 Å². The predicted octanol–water partition coefficient (Wildman–Crippen LogP) is 3.79. The van der Waals surface area contributed by atoms with Crippen molar-refractivity contribution >= 4 is 29.3 Å². The third-order valence-electron chi connectivity index (χ3n) is 9.64. The van der Waals surface area contributed by atoms with Crippen LogP contribution >= 0.6 is 11.6 Å². The summed E-state index contributed by atoms with van der Waals surface area (Å²) in [6, 6.07) is 10.3. The van der Waals surface area contributed by atoms with Crippen LogP contribution in [0.1, 0.15) is 56.1 Å². The van der Waals surface area contributed by atoms with E-state index in [1.807, 2.05) is 29.2 Å². The lowest BCUT2D eigenvalue weighted by atomic mass is 9.48. The minimum atomic E-state index is -0.269. The Kier molecular flexibility index (Phi) is 7.84. The summed E-state index contributed by atoms with van der Waals surface area (Å²) in [5.74, 6) is 3.05. The molecule has 1 aromatic carbocycles. The second kappa shape index (κ2) is 11.5. The van der Waals surface area contributed by atoms with E-state index in [1.54, 1.807) is 6.20 Å². The molecule has 1 unspecified atom stereocenters. The number of nitrogens with zero attached hydrogens (tertiary/aromatic N) is 4. The molecule has 1 amide bonds. The normalized spacial score (nSPS) is 29.3. The van der Waals surface area contributed by atoms with Gasteiger partial charge >= 0.3 is 0 Å². The van der Waals surface area contributed by atoms with E-state index in [9.17, 15) is 15.2 Å². The molecule has 4 bridgehead atoms. The number of benzene rings is 1. The molecule has 2 heterocycles. The first-order valence-electron chi connectivity index (χ1n) is 14.6. The molecule has 212 valence electrons. The first-order chi connectivity index (χ1) is 19.4. The minimum absolute atomic E-state index is 0.156. The van der Waals surface area contributed by atoms with E-state index in [1.165, 1.54) is 19.3 Å². The molecule has 0 radical (unpaired) electrons. The number of carbonyl (C=O) groups is 1. The summed E-state index contributed by atoms with van der Waals surface area (Å²) in [7, 11) is 0. The lowest BCUT2D eigenvalue weighted by Gasteiger charge is -2.60. The largest absolute Gasteiger partial charge is 0.393 e. The van der Waals surface area contributed by atoms with E-state index in [4.69, 9.17) is 11.6 Å². The Labute approximate surface area is 240 Å². The van der Waals surface area contributed by atoms with E-state index in [-0.39, 0.29) is 17.4 Å². The number of nitrogens with one attached hydrogen (secondary N) is 3. The highest BCUT2D eigenvalue weighted by molar-refractivity contribution is 6.31. The summed E-state index contributed by atoms with van der Waals surface area (Å²) < 4.78 is 0. The van der Waals surface area contributed by atoms with Gasteiger partial charge in [-0.2, -0.15) is 10.2 Å². The number of anilines is 2. The van der Waals surface area contributed by atoms with Gasteiger partial charge in [-0.3, -0.25) is 4.79 Å². The number of aliphatic hydroxyl groups is 1. The topological polar surface area (TPSA) is 126 Å². The SMILES string of the molecule is N#Cc1cnc(NCc2ccccc2Cl)nc1NC[C@]12CC3C[C@H](C1)[C@@H](NCC(=O)N1CCC(O)CC1)[C@@H](C3)C2. The minimum Gasteiger partial charge on any atom is -0.393 e. The highest BCUT2D eigenvalue weighted by Crippen LogP contribution is 2.60. The number of hydrogen-bond acceptors (Lipinski definition) is 8. The van der Waals surface area contributed by atoms with Crippen LogP contribution in [0.2, 0.25) is 5.02 Å². The summed E-state index contributed by atoms with van der Waals surface area (Å²) in [6.45, 7) is 2.98. The van der Waals surface area contributed by atoms with Crippen molar-refractivity contribution < 1.29 is 9.90 Å². The van der Waals surface area contributed by atoms with E-state index >= 15 is 0 Å². The average Bonchev–Trinajstić information content (AvgIpc) is 2.95. The third kappa shape index (κ3) is 5.76. The number of halogens is 1. The molecule has 40 heavy (non-hydrogen) atoms. The summed E-state index contributed by atoms with van der Waals surface area (Å²) in [5, 5.41) is 30.6. The van der Waals surface area contributed by atoms with Gasteiger partial charge in [-0.15, -0.1) is 0 Å². The van der Waals surface area contributed by atoms with E-state index in [2.05, 4.69) is 32.0 Å². The summed E-state index contributed by atoms with van der Waals surface area (Å²) in [6.07, 6.45) is 8.57. The molecule has 4 aliphatic carbocycles. The van der Waals surface area contributed by atoms with Gasteiger partial charge in [0.1, 0.15) is 17.5 Å². The molecule has 5 aliphatic rings. The van der Waals surface area contributed by atoms with Gasteiger partial charge in [-0.05, 0) is 79.7 Å². The highest BCUT2D eigenvalue weighted by Gasteiger charge is 2.55. The number of likely N-dealkylation sites (tertiary alicyclic amines) is 1. The molecule has 1 aliphatic heterocycles. The fourth-order valence-electron chi connectivity index (χ4n) is 7.95. The first-order valence-corrected chi connectivity index (χ1v) is 15.0. The third-order valence-corrected chi connectivity index (χ3v) is 10.0. The molecule has 9 nitrogen and oxygen atoms in total. The number of aliphatic hydroxyl groups excluding tert-OH is 1. The maximum absolute atomic E-state index is 12.8. The zero-order chi connectivity index (χ0) is 27.7. The van der Waals surface area contributed by atoms with Crippen LogP contribution in [0.25, 0.3) is 0 Å². The Morgan fingerprint density at radius 1 is 1.15 bits per heavy atom. The Morgan fingerprint density at radius 3 is 2.62 bits per heavy atom. The molecule has 10 heteroatoms. The zero-order valence-corrected chi connectivity index (χ0v) is 23.5. The summed E-state index contributed by atoms with van der Waals surface area (Å²) in [4.78, 5) is 23.7. The van der Waals surface area contributed by atoms with Crippen LogP contribution in [0.3, 0.4) is 0 Å². The molecule has 4 N–H and O–H groups in total. The number of rotatable bonds is 9. The molecule has 1 aromatic heterocycles. The predicted molar refractivity (Wildman–Crippen MR) is 154 cm³/mol. The second-order valence-electron chi connectivity index (χ2n) is 12.4. The fraction of sp³-hybridized carbons (Fsp3) is 0.600. The molecule has 5 fully saturated rings. The first kappa shape index (κ1) is 27.3. The smallest absolute Gasteiger partial charge is 0.236 e. The van der Waals surface area contributed by atoms with Gasteiger partial charge in [0.2, 0.25) is 11.9 Å². The van der Waals surface area contributed by atoms with Crippen molar-refractivity contribution in [1.29, 1.82) is 5.26 Å². The van der Waals surface area contributed by atoms with Crippen LogP contribution < -0.4 is 16.0 Å². The van der Waals surface area contributed by atoms with Gasteiger partial charge in [-0.25, -0.2) is 4.98 Å². The Morgan fingerprint density at radius 2 is 1.90 bits per heavy atom. The monoisotopic (exact) mass is 563 g/mol. The van der Waals surface area contributed by atoms with Crippen LogP contribution in [-0.2, 0) is 11.3 Å². The van der Waals surface area contributed by atoms with Gasteiger partial charge in [-0.1, -0.05) is 29.8 Å². The molecule has 5 atom stereocenters.